The average molecular weight is 287 g/mol. The first kappa shape index (κ1) is 14.8. The Morgan fingerprint density at radius 2 is 1.45 bits per heavy atom. The summed E-state index contributed by atoms with van der Waals surface area (Å²) < 4.78 is 0. The van der Waals surface area contributed by atoms with Gasteiger partial charge in [0.05, 0.1) is 0 Å². The molecule has 2 aromatic rings. The number of halogens is 1. The van der Waals surface area contributed by atoms with Crippen LogP contribution in [0.4, 0.5) is 0 Å². The molecule has 104 valence electrons. The summed E-state index contributed by atoms with van der Waals surface area (Å²) in [5, 5.41) is -0.414. The second-order valence-electron chi connectivity index (χ2n) is 5.01. The lowest BCUT2D eigenvalue weighted by Crippen LogP contribution is -1.88. The van der Waals surface area contributed by atoms with E-state index in [4.69, 9.17) is 11.6 Å². The van der Waals surface area contributed by atoms with Crippen LogP contribution in [-0.2, 0) is 6.42 Å². The lowest BCUT2D eigenvalue weighted by Gasteiger charge is -2.05. The van der Waals surface area contributed by atoms with Gasteiger partial charge in [0.2, 0.25) is 0 Å². The van der Waals surface area contributed by atoms with Gasteiger partial charge >= 0.3 is 0 Å². The molecule has 0 atom stereocenters. The Labute approximate surface area is 125 Å². The van der Waals surface area contributed by atoms with Crippen LogP contribution in [0.1, 0.15) is 42.1 Å². The SMILES string of the molecule is CCCCCc1ccc(-c2ccc(C(=O)Cl)cc2)cc1. The maximum atomic E-state index is 11.0. The van der Waals surface area contributed by atoms with Gasteiger partial charge in [0.1, 0.15) is 0 Å². The molecule has 0 saturated heterocycles. The van der Waals surface area contributed by atoms with E-state index in [0.717, 1.165) is 17.5 Å². The fraction of sp³-hybridized carbons (Fsp3) is 0.278. The van der Waals surface area contributed by atoms with E-state index < -0.39 is 5.24 Å². The van der Waals surface area contributed by atoms with Crippen LogP contribution in [0.3, 0.4) is 0 Å². The number of benzene rings is 2. The summed E-state index contributed by atoms with van der Waals surface area (Å²) >= 11 is 5.44. The Bertz CT molecular complexity index is 555. The highest BCUT2D eigenvalue weighted by molar-refractivity contribution is 6.67. The van der Waals surface area contributed by atoms with E-state index in [-0.39, 0.29) is 0 Å². The molecule has 2 heteroatoms. The second-order valence-corrected chi connectivity index (χ2v) is 5.35. The molecule has 0 aliphatic heterocycles. The lowest BCUT2D eigenvalue weighted by molar-refractivity contribution is 0.108. The number of unbranched alkanes of at least 4 members (excludes halogenated alkanes) is 2. The molecule has 2 rings (SSSR count). The van der Waals surface area contributed by atoms with Crippen LogP contribution in [0, 0.1) is 0 Å². The van der Waals surface area contributed by atoms with Gasteiger partial charge in [0.15, 0.2) is 0 Å². The Hall–Kier alpha value is -1.60. The summed E-state index contributed by atoms with van der Waals surface area (Å²) in [4.78, 5) is 11.0. The third kappa shape index (κ3) is 3.94. The number of rotatable bonds is 6. The summed E-state index contributed by atoms with van der Waals surface area (Å²) in [7, 11) is 0. The lowest BCUT2D eigenvalue weighted by atomic mass is 10.0. The maximum Gasteiger partial charge on any atom is 0.252 e. The number of carbonyl (C=O) groups is 1. The molecule has 0 bridgehead atoms. The van der Waals surface area contributed by atoms with Crippen LogP contribution in [0.2, 0.25) is 0 Å². The first-order valence-electron chi connectivity index (χ1n) is 7.10. The van der Waals surface area contributed by atoms with Crippen molar-refractivity contribution in [2.45, 2.75) is 32.6 Å². The standard InChI is InChI=1S/C18H19ClO/c1-2-3-4-5-14-6-8-15(9-7-14)16-10-12-17(13-11-16)18(19)20/h6-13H,2-5H2,1H3. The monoisotopic (exact) mass is 286 g/mol. The van der Waals surface area contributed by atoms with Gasteiger partial charge in [0, 0.05) is 5.56 Å². The molecule has 0 aromatic heterocycles. The Morgan fingerprint density at radius 1 is 0.900 bits per heavy atom. The maximum absolute atomic E-state index is 11.0. The molecule has 0 aliphatic rings. The van der Waals surface area contributed by atoms with Gasteiger partial charge in [-0.05, 0) is 53.3 Å². The van der Waals surface area contributed by atoms with E-state index in [2.05, 4.69) is 31.2 Å². The third-order valence-electron chi connectivity index (χ3n) is 3.47. The van der Waals surface area contributed by atoms with E-state index in [1.165, 1.54) is 24.8 Å². The zero-order valence-corrected chi connectivity index (χ0v) is 12.5. The van der Waals surface area contributed by atoms with Crippen molar-refractivity contribution in [3.63, 3.8) is 0 Å². The summed E-state index contributed by atoms with van der Waals surface area (Å²) in [6.07, 6.45) is 4.94. The molecular weight excluding hydrogens is 268 g/mol. The molecule has 0 amide bonds. The third-order valence-corrected chi connectivity index (χ3v) is 3.69. The molecule has 0 radical (unpaired) electrons. The summed E-state index contributed by atoms with van der Waals surface area (Å²) in [6.45, 7) is 2.22. The van der Waals surface area contributed by atoms with Gasteiger partial charge in [-0.3, -0.25) is 4.79 Å². The van der Waals surface area contributed by atoms with Gasteiger partial charge in [-0.2, -0.15) is 0 Å². The van der Waals surface area contributed by atoms with Crippen molar-refractivity contribution in [2.24, 2.45) is 0 Å². The van der Waals surface area contributed by atoms with Crippen LogP contribution < -0.4 is 0 Å². The van der Waals surface area contributed by atoms with Crippen LogP contribution in [0.25, 0.3) is 11.1 Å². The molecule has 0 saturated carbocycles. The van der Waals surface area contributed by atoms with E-state index >= 15 is 0 Å². The number of hydrogen-bond acceptors (Lipinski definition) is 1. The molecule has 1 nitrogen and oxygen atoms in total. The average Bonchev–Trinajstić information content (AvgIpc) is 2.48. The second kappa shape index (κ2) is 7.25. The van der Waals surface area contributed by atoms with E-state index in [1.54, 1.807) is 12.1 Å². The summed E-state index contributed by atoms with van der Waals surface area (Å²) in [5.41, 5.74) is 4.19. The first-order chi connectivity index (χ1) is 9.70. The van der Waals surface area contributed by atoms with Crippen molar-refractivity contribution in [3.05, 3.63) is 59.7 Å². The van der Waals surface area contributed by atoms with Gasteiger partial charge in [-0.1, -0.05) is 56.2 Å². The zero-order valence-electron chi connectivity index (χ0n) is 11.7. The van der Waals surface area contributed by atoms with Crippen molar-refractivity contribution in [3.8, 4) is 11.1 Å². The van der Waals surface area contributed by atoms with Gasteiger partial charge in [0.25, 0.3) is 5.24 Å². The Morgan fingerprint density at radius 3 is 1.95 bits per heavy atom. The summed E-state index contributed by atoms with van der Waals surface area (Å²) in [6, 6.07) is 16.0. The molecule has 20 heavy (non-hydrogen) atoms. The van der Waals surface area contributed by atoms with Crippen molar-refractivity contribution < 1.29 is 4.79 Å². The highest BCUT2D eigenvalue weighted by Crippen LogP contribution is 2.21. The molecule has 0 aliphatic carbocycles. The first-order valence-corrected chi connectivity index (χ1v) is 7.47. The van der Waals surface area contributed by atoms with Crippen LogP contribution in [-0.4, -0.2) is 5.24 Å². The van der Waals surface area contributed by atoms with Crippen molar-refractivity contribution in [1.82, 2.24) is 0 Å². The number of aryl methyl sites for hydroxylation is 1. The molecule has 0 spiro atoms. The van der Waals surface area contributed by atoms with Crippen molar-refractivity contribution in [1.29, 1.82) is 0 Å². The Balaban J connectivity index is 2.07. The van der Waals surface area contributed by atoms with Crippen LogP contribution in [0.5, 0.6) is 0 Å². The highest BCUT2D eigenvalue weighted by Gasteiger charge is 2.02. The minimum absolute atomic E-state index is 0.414. The van der Waals surface area contributed by atoms with Gasteiger partial charge < -0.3 is 0 Å². The van der Waals surface area contributed by atoms with Crippen molar-refractivity contribution in [2.75, 3.05) is 0 Å². The normalized spacial score (nSPS) is 10.5. The summed E-state index contributed by atoms with van der Waals surface area (Å²) in [5.74, 6) is 0. The zero-order chi connectivity index (χ0) is 14.4. The topological polar surface area (TPSA) is 17.1 Å². The number of hydrogen-bond donors (Lipinski definition) is 0. The molecule has 0 unspecified atom stereocenters. The molecular formula is C18H19ClO. The predicted molar refractivity (Wildman–Crippen MR) is 85.3 cm³/mol. The van der Waals surface area contributed by atoms with E-state index in [1.807, 2.05) is 12.1 Å². The highest BCUT2D eigenvalue weighted by atomic mass is 35.5. The predicted octanol–water partition coefficient (Wildman–Crippen LogP) is 5.47. The Kier molecular flexibility index (Phi) is 5.37. The van der Waals surface area contributed by atoms with Crippen LogP contribution >= 0.6 is 11.6 Å². The molecule has 0 heterocycles. The largest absolute Gasteiger partial charge is 0.276 e. The van der Waals surface area contributed by atoms with E-state index in [0.29, 0.717) is 5.56 Å². The smallest absolute Gasteiger partial charge is 0.252 e. The minimum atomic E-state index is -0.414. The molecule has 0 fully saturated rings. The molecule has 0 N–H and O–H groups in total. The fourth-order valence-corrected chi connectivity index (χ4v) is 2.36. The van der Waals surface area contributed by atoms with Gasteiger partial charge in [-0.15, -0.1) is 0 Å². The minimum Gasteiger partial charge on any atom is -0.276 e. The van der Waals surface area contributed by atoms with Gasteiger partial charge in [-0.25, -0.2) is 0 Å². The number of carbonyl (C=O) groups excluding carboxylic acids is 1. The molecule has 2 aromatic carbocycles. The van der Waals surface area contributed by atoms with Crippen molar-refractivity contribution >= 4 is 16.8 Å². The fourth-order valence-electron chi connectivity index (χ4n) is 2.24. The quantitative estimate of drug-likeness (QED) is 0.509. The van der Waals surface area contributed by atoms with Crippen LogP contribution in [0.15, 0.2) is 48.5 Å². The van der Waals surface area contributed by atoms with E-state index in [9.17, 15) is 4.79 Å².